The zero-order valence-corrected chi connectivity index (χ0v) is 16.6. The molecule has 1 atom stereocenters. The molecule has 1 unspecified atom stereocenters. The first-order chi connectivity index (χ1) is 11.2. The topological polar surface area (TPSA) is 70.6 Å². The van der Waals surface area contributed by atoms with E-state index in [-0.39, 0.29) is 5.92 Å². The van der Waals surface area contributed by atoms with Crippen molar-refractivity contribution in [2.24, 2.45) is 22.2 Å². The zero-order chi connectivity index (χ0) is 17.8. The number of aliphatic imine (C=N–C) groups is 1. The second-order valence-corrected chi connectivity index (χ2v) is 11.0. The summed E-state index contributed by atoms with van der Waals surface area (Å²) in [7, 11) is -2.82. The minimum atomic E-state index is -2.82. The van der Waals surface area contributed by atoms with Gasteiger partial charge in [0.25, 0.3) is 0 Å². The molecule has 2 rings (SSSR count). The summed E-state index contributed by atoms with van der Waals surface area (Å²) in [6, 6.07) is 0.314. The Morgan fingerprint density at radius 1 is 1.17 bits per heavy atom. The van der Waals surface area contributed by atoms with Crippen LogP contribution in [0.25, 0.3) is 0 Å². The summed E-state index contributed by atoms with van der Waals surface area (Å²) in [5.74, 6) is 2.34. The van der Waals surface area contributed by atoms with Gasteiger partial charge in [-0.25, -0.2) is 8.42 Å². The van der Waals surface area contributed by atoms with E-state index in [0.717, 1.165) is 18.9 Å². The monoisotopic (exact) mass is 357 g/mol. The van der Waals surface area contributed by atoms with Crippen molar-refractivity contribution in [2.45, 2.75) is 65.8 Å². The van der Waals surface area contributed by atoms with Crippen LogP contribution in [0.5, 0.6) is 0 Å². The maximum absolute atomic E-state index is 11.6. The smallest absolute Gasteiger partial charge is 0.191 e. The molecule has 0 aromatic carbocycles. The number of nitrogens with one attached hydrogen (secondary N) is 2. The van der Waals surface area contributed by atoms with E-state index in [1.165, 1.54) is 25.7 Å². The molecule has 24 heavy (non-hydrogen) atoms. The van der Waals surface area contributed by atoms with Crippen LogP contribution < -0.4 is 10.6 Å². The van der Waals surface area contributed by atoms with Crippen molar-refractivity contribution in [3.05, 3.63) is 0 Å². The van der Waals surface area contributed by atoms with E-state index in [0.29, 0.717) is 35.4 Å². The molecule has 1 saturated carbocycles. The van der Waals surface area contributed by atoms with Gasteiger partial charge in [-0.1, -0.05) is 13.8 Å². The molecule has 0 radical (unpaired) electrons. The molecule has 0 amide bonds. The molecule has 5 nitrogen and oxygen atoms in total. The van der Waals surface area contributed by atoms with Crippen LogP contribution in [0, 0.1) is 17.3 Å². The van der Waals surface area contributed by atoms with Gasteiger partial charge in [-0.05, 0) is 63.2 Å². The van der Waals surface area contributed by atoms with Crippen LogP contribution in [0.2, 0.25) is 0 Å². The predicted octanol–water partition coefficient (Wildman–Crippen LogP) is 2.58. The van der Waals surface area contributed by atoms with Gasteiger partial charge in [-0.15, -0.1) is 0 Å². The predicted molar refractivity (Wildman–Crippen MR) is 101 cm³/mol. The highest BCUT2D eigenvalue weighted by Crippen LogP contribution is 2.37. The lowest BCUT2D eigenvalue weighted by molar-refractivity contribution is 0.192. The standard InChI is InChI=1S/C18H35N3O2S/c1-14(2)21-17(20-12-16-7-10-24(22,23)13-16)19-11-15-5-8-18(3,4)9-6-15/h14-16H,5-13H2,1-4H3,(H2,19,20,21). The highest BCUT2D eigenvalue weighted by Gasteiger charge is 2.28. The summed E-state index contributed by atoms with van der Waals surface area (Å²) in [6.45, 7) is 10.5. The van der Waals surface area contributed by atoms with Gasteiger partial charge in [0.2, 0.25) is 0 Å². The van der Waals surface area contributed by atoms with E-state index in [1.54, 1.807) is 0 Å². The SMILES string of the molecule is CC(C)NC(=NCC1CCS(=O)(=O)C1)NCC1CCC(C)(C)CC1. The van der Waals surface area contributed by atoms with Gasteiger partial charge in [0.1, 0.15) is 0 Å². The highest BCUT2D eigenvalue weighted by molar-refractivity contribution is 7.91. The second kappa shape index (κ2) is 8.07. The van der Waals surface area contributed by atoms with E-state index in [2.05, 4.69) is 43.3 Å². The third-order valence-electron chi connectivity index (χ3n) is 5.28. The Bertz CT molecular complexity index is 530. The molecule has 140 valence electrons. The first kappa shape index (κ1) is 19.5. The van der Waals surface area contributed by atoms with Crippen molar-refractivity contribution in [3.8, 4) is 0 Å². The molecular formula is C18H35N3O2S. The van der Waals surface area contributed by atoms with Gasteiger partial charge in [-0.3, -0.25) is 4.99 Å². The zero-order valence-electron chi connectivity index (χ0n) is 15.8. The summed E-state index contributed by atoms with van der Waals surface area (Å²) in [6.07, 6.45) is 5.89. The fourth-order valence-electron chi connectivity index (χ4n) is 3.57. The lowest BCUT2D eigenvalue weighted by atomic mass is 9.73. The second-order valence-electron chi connectivity index (χ2n) is 8.75. The van der Waals surface area contributed by atoms with Crippen molar-refractivity contribution in [1.29, 1.82) is 0 Å². The lowest BCUT2D eigenvalue weighted by Gasteiger charge is -2.34. The van der Waals surface area contributed by atoms with E-state index in [1.807, 2.05) is 0 Å². The number of hydrogen-bond acceptors (Lipinski definition) is 3. The first-order valence-corrected chi connectivity index (χ1v) is 11.2. The van der Waals surface area contributed by atoms with Crippen LogP contribution in [0.3, 0.4) is 0 Å². The number of rotatable bonds is 5. The number of guanidine groups is 1. The average Bonchev–Trinajstić information content (AvgIpc) is 2.82. The summed E-state index contributed by atoms with van der Waals surface area (Å²) < 4.78 is 23.1. The summed E-state index contributed by atoms with van der Waals surface area (Å²) in [5.41, 5.74) is 0.498. The van der Waals surface area contributed by atoms with E-state index >= 15 is 0 Å². The average molecular weight is 358 g/mol. The normalized spacial score (nSPS) is 27.4. The minimum absolute atomic E-state index is 0.177. The van der Waals surface area contributed by atoms with Gasteiger partial charge in [0.15, 0.2) is 15.8 Å². The third-order valence-corrected chi connectivity index (χ3v) is 7.11. The molecule has 1 saturated heterocycles. The molecule has 0 aromatic heterocycles. The molecule has 2 fully saturated rings. The summed E-state index contributed by atoms with van der Waals surface area (Å²) in [5, 5.41) is 6.85. The van der Waals surface area contributed by atoms with E-state index in [9.17, 15) is 8.42 Å². The van der Waals surface area contributed by atoms with Crippen molar-refractivity contribution in [3.63, 3.8) is 0 Å². The van der Waals surface area contributed by atoms with Crippen molar-refractivity contribution < 1.29 is 8.42 Å². The molecule has 0 aromatic rings. The Labute approximate surface area is 148 Å². The molecule has 6 heteroatoms. The summed E-state index contributed by atoms with van der Waals surface area (Å²) >= 11 is 0. The van der Waals surface area contributed by atoms with E-state index < -0.39 is 9.84 Å². The van der Waals surface area contributed by atoms with Gasteiger partial charge >= 0.3 is 0 Å². The van der Waals surface area contributed by atoms with Crippen molar-refractivity contribution in [1.82, 2.24) is 10.6 Å². The minimum Gasteiger partial charge on any atom is -0.356 e. The molecular weight excluding hydrogens is 322 g/mol. The van der Waals surface area contributed by atoms with Crippen LogP contribution in [-0.2, 0) is 9.84 Å². The maximum Gasteiger partial charge on any atom is 0.191 e. The van der Waals surface area contributed by atoms with Crippen LogP contribution >= 0.6 is 0 Å². The van der Waals surface area contributed by atoms with E-state index in [4.69, 9.17) is 0 Å². The molecule has 1 heterocycles. The Morgan fingerprint density at radius 3 is 2.38 bits per heavy atom. The lowest BCUT2D eigenvalue weighted by Crippen LogP contribution is -2.44. The molecule has 0 bridgehead atoms. The van der Waals surface area contributed by atoms with Crippen molar-refractivity contribution in [2.75, 3.05) is 24.6 Å². The molecule has 2 aliphatic rings. The maximum atomic E-state index is 11.6. The number of nitrogens with zero attached hydrogens (tertiary/aromatic N) is 1. The van der Waals surface area contributed by atoms with Crippen LogP contribution in [0.4, 0.5) is 0 Å². The Balaban J connectivity index is 1.83. The van der Waals surface area contributed by atoms with Gasteiger partial charge in [0, 0.05) is 19.1 Å². The first-order valence-electron chi connectivity index (χ1n) is 9.40. The molecule has 1 aliphatic carbocycles. The fourth-order valence-corrected chi connectivity index (χ4v) is 5.42. The Hall–Kier alpha value is -0.780. The molecule has 1 aliphatic heterocycles. The highest BCUT2D eigenvalue weighted by atomic mass is 32.2. The fraction of sp³-hybridized carbons (Fsp3) is 0.944. The Morgan fingerprint density at radius 2 is 1.83 bits per heavy atom. The van der Waals surface area contributed by atoms with Crippen LogP contribution in [-0.4, -0.2) is 45.0 Å². The Kier molecular flexibility index (Phi) is 6.57. The molecule has 0 spiro atoms. The van der Waals surface area contributed by atoms with Gasteiger partial charge in [-0.2, -0.15) is 0 Å². The quantitative estimate of drug-likeness (QED) is 0.586. The van der Waals surface area contributed by atoms with Crippen LogP contribution in [0.1, 0.15) is 59.8 Å². The third kappa shape index (κ3) is 6.61. The van der Waals surface area contributed by atoms with Gasteiger partial charge in [0.05, 0.1) is 11.5 Å². The molecule has 2 N–H and O–H groups in total. The number of sulfone groups is 1. The number of hydrogen-bond donors (Lipinski definition) is 2. The summed E-state index contributed by atoms with van der Waals surface area (Å²) in [4.78, 5) is 4.65. The van der Waals surface area contributed by atoms with Crippen molar-refractivity contribution >= 4 is 15.8 Å². The van der Waals surface area contributed by atoms with Gasteiger partial charge < -0.3 is 10.6 Å². The largest absolute Gasteiger partial charge is 0.356 e. The van der Waals surface area contributed by atoms with Crippen LogP contribution in [0.15, 0.2) is 4.99 Å².